The highest BCUT2D eigenvalue weighted by molar-refractivity contribution is 5.98. The molecule has 86 valence electrons. The number of rotatable bonds is 4. The molecule has 0 saturated heterocycles. The van der Waals surface area contributed by atoms with Gasteiger partial charge >= 0.3 is 5.97 Å². The van der Waals surface area contributed by atoms with Gasteiger partial charge in [-0.15, -0.1) is 0 Å². The molecule has 1 atom stereocenters. The Bertz CT molecular complexity index is 412. The first-order chi connectivity index (χ1) is 7.54. The Morgan fingerprint density at radius 3 is 2.75 bits per heavy atom. The van der Waals surface area contributed by atoms with Gasteiger partial charge in [0.25, 0.3) is 0 Å². The number of hydrogen-bond donors (Lipinski definition) is 2. The van der Waals surface area contributed by atoms with Crippen molar-refractivity contribution in [2.45, 2.75) is 20.3 Å². The van der Waals surface area contributed by atoms with Crippen LogP contribution in [0.1, 0.15) is 25.0 Å². The first kappa shape index (κ1) is 12.2. The molecule has 0 bridgehead atoms. The van der Waals surface area contributed by atoms with Crippen molar-refractivity contribution < 1.29 is 15.1 Å². The maximum Gasteiger partial charge on any atom is 0.306 e. The summed E-state index contributed by atoms with van der Waals surface area (Å²) in [6.45, 7) is 3.36. The van der Waals surface area contributed by atoms with E-state index in [4.69, 9.17) is 10.3 Å². The van der Waals surface area contributed by atoms with Crippen LogP contribution in [0.3, 0.4) is 0 Å². The lowest BCUT2D eigenvalue weighted by Gasteiger charge is -2.07. The highest BCUT2D eigenvalue weighted by Crippen LogP contribution is 2.12. The van der Waals surface area contributed by atoms with Gasteiger partial charge in [0, 0.05) is 0 Å². The molecular formula is C12H15NO3. The minimum atomic E-state index is -0.807. The maximum absolute atomic E-state index is 10.7. The first-order valence-corrected chi connectivity index (χ1v) is 5.05. The number of carboxylic acids is 1. The number of carbonyl (C=O) groups is 1. The van der Waals surface area contributed by atoms with Crippen LogP contribution in [0.25, 0.3) is 0 Å². The van der Waals surface area contributed by atoms with Crippen LogP contribution in [0.4, 0.5) is 0 Å². The van der Waals surface area contributed by atoms with E-state index in [9.17, 15) is 4.79 Å². The molecule has 0 fully saturated rings. The van der Waals surface area contributed by atoms with Crippen molar-refractivity contribution in [1.29, 1.82) is 0 Å². The molecule has 0 aliphatic rings. The monoisotopic (exact) mass is 221 g/mol. The van der Waals surface area contributed by atoms with Crippen molar-refractivity contribution in [2.24, 2.45) is 11.1 Å². The third-order valence-corrected chi connectivity index (χ3v) is 2.46. The lowest BCUT2D eigenvalue weighted by Crippen LogP contribution is -2.12. The van der Waals surface area contributed by atoms with Crippen molar-refractivity contribution in [1.82, 2.24) is 0 Å². The summed E-state index contributed by atoms with van der Waals surface area (Å²) >= 11 is 0. The van der Waals surface area contributed by atoms with E-state index in [1.165, 1.54) is 0 Å². The molecule has 1 rings (SSSR count). The van der Waals surface area contributed by atoms with Crippen LogP contribution >= 0.6 is 0 Å². The number of hydrogen-bond acceptors (Lipinski definition) is 3. The number of carboxylic acid groups (broad SMARTS) is 1. The third kappa shape index (κ3) is 3.08. The minimum absolute atomic E-state index is 0.415. The molecule has 1 aromatic rings. The molecule has 16 heavy (non-hydrogen) atoms. The van der Waals surface area contributed by atoms with E-state index in [0.717, 1.165) is 11.1 Å². The van der Waals surface area contributed by atoms with Crippen LogP contribution in [0.5, 0.6) is 0 Å². The summed E-state index contributed by atoms with van der Waals surface area (Å²) in [4.78, 5) is 10.7. The SMILES string of the molecule is C/C(=N\O)c1cccc(CC(C)C(=O)O)c1. The molecule has 4 nitrogen and oxygen atoms in total. The molecule has 4 heteroatoms. The summed E-state index contributed by atoms with van der Waals surface area (Å²) in [5.74, 6) is -1.22. The van der Waals surface area contributed by atoms with E-state index in [1.807, 2.05) is 24.3 Å². The van der Waals surface area contributed by atoms with E-state index in [0.29, 0.717) is 12.1 Å². The molecule has 0 amide bonds. The molecular weight excluding hydrogens is 206 g/mol. The van der Waals surface area contributed by atoms with Gasteiger partial charge < -0.3 is 10.3 Å². The zero-order chi connectivity index (χ0) is 12.1. The zero-order valence-electron chi connectivity index (χ0n) is 9.34. The minimum Gasteiger partial charge on any atom is -0.481 e. The summed E-state index contributed by atoms with van der Waals surface area (Å²) in [6, 6.07) is 7.36. The fourth-order valence-electron chi connectivity index (χ4n) is 1.42. The van der Waals surface area contributed by atoms with E-state index in [-0.39, 0.29) is 0 Å². The van der Waals surface area contributed by atoms with E-state index in [2.05, 4.69) is 5.16 Å². The summed E-state index contributed by atoms with van der Waals surface area (Å²) < 4.78 is 0. The van der Waals surface area contributed by atoms with Gasteiger partial charge in [0.15, 0.2) is 0 Å². The second kappa shape index (κ2) is 5.30. The Morgan fingerprint density at radius 1 is 1.50 bits per heavy atom. The zero-order valence-corrected chi connectivity index (χ0v) is 9.34. The summed E-state index contributed by atoms with van der Waals surface area (Å²) in [6.07, 6.45) is 0.474. The standard InChI is InChI=1S/C12H15NO3/c1-8(12(14)15)6-10-4-3-5-11(7-10)9(2)13-16/h3-5,7-8,16H,6H2,1-2H3,(H,14,15)/b13-9+. The molecule has 0 heterocycles. The Labute approximate surface area is 94.2 Å². The van der Waals surface area contributed by atoms with Gasteiger partial charge in [0.2, 0.25) is 0 Å². The lowest BCUT2D eigenvalue weighted by atomic mass is 9.99. The van der Waals surface area contributed by atoms with Gasteiger partial charge in [-0.1, -0.05) is 30.3 Å². The predicted octanol–water partition coefficient (Wildman–Crippen LogP) is 2.15. The molecule has 0 aliphatic heterocycles. The molecule has 2 N–H and O–H groups in total. The van der Waals surface area contributed by atoms with Crippen molar-refractivity contribution in [3.63, 3.8) is 0 Å². The largest absolute Gasteiger partial charge is 0.481 e. The number of nitrogens with zero attached hydrogens (tertiary/aromatic N) is 1. The van der Waals surface area contributed by atoms with Crippen LogP contribution in [0.15, 0.2) is 29.4 Å². The molecule has 1 unspecified atom stereocenters. The van der Waals surface area contributed by atoms with E-state index >= 15 is 0 Å². The molecule has 0 spiro atoms. The Balaban J connectivity index is 2.87. The van der Waals surface area contributed by atoms with Gasteiger partial charge in [-0.25, -0.2) is 0 Å². The second-order valence-electron chi connectivity index (χ2n) is 3.83. The van der Waals surface area contributed by atoms with Crippen LogP contribution in [0, 0.1) is 5.92 Å². The van der Waals surface area contributed by atoms with E-state index in [1.54, 1.807) is 13.8 Å². The first-order valence-electron chi connectivity index (χ1n) is 5.05. The molecule has 0 aliphatic carbocycles. The average Bonchev–Trinajstić information content (AvgIpc) is 2.28. The molecule has 0 radical (unpaired) electrons. The molecule has 0 saturated carbocycles. The Morgan fingerprint density at radius 2 is 2.19 bits per heavy atom. The highest BCUT2D eigenvalue weighted by Gasteiger charge is 2.11. The van der Waals surface area contributed by atoms with Crippen molar-refractivity contribution in [2.75, 3.05) is 0 Å². The van der Waals surface area contributed by atoms with Gasteiger partial charge in [0.05, 0.1) is 11.6 Å². The fraction of sp³-hybridized carbons (Fsp3) is 0.333. The third-order valence-electron chi connectivity index (χ3n) is 2.46. The van der Waals surface area contributed by atoms with Crippen LogP contribution in [-0.4, -0.2) is 22.0 Å². The van der Waals surface area contributed by atoms with Crippen LogP contribution in [0.2, 0.25) is 0 Å². The average molecular weight is 221 g/mol. The van der Waals surface area contributed by atoms with Crippen LogP contribution in [-0.2, 0) is 11.2 Å². The maximum atomic E-state index is 10.7. The number of benzene rings is 1. The van der Waals surface area contributed by atoms with Crippen LogP contribution < -0.4 is 0 Å². The fourth-order valence-corrected chi connectivity index (χ4v) is 1.42. The predicted molar refractivity (Wildman–Crippen MR) is 60.9 cm³/mol. The quantitative estimate of drug-likeness (QED) is 0.465. The van der Waals surface area contributed by atoms with Gasteiger partial charge in [0.1, 0.15) is 0 Å². The Hall–Kier alpha value is -1.84. The van der Waals surface area contributed by atoms with Gasteiger partial charge in [-0.2, -0.15) is 0 Å². The summed E-state index contributed by atoms with van der Waals surface area (Å²) in [5.41, 5.74) is 2.25. The smallest absolute Gasteiger partial charge is 0.306 e. The topological polar surface area (TPSA) is 69.9 Å². The number of oxime groups is 1. The highest BCUT2D eigenvalue weighted by atomic mass is 16.4. The summed E-state index contributed by atoms with van der Waals surface area (Å²) in [5, 5.41) is 20.6. The number of aliphatic carboxylic acids is 1. The summed E-state index contributed by atoms with van der Waals surface area (Å²) in [7, 11) is 0. The van der Waals surface area contributed by atoms with Crippen molar-refractivity contribution in [3.05, 3.63) is 35.4 Å². The normalized spacial score (nSPS) is 13.5. The molecule has 1 aromatic carbocycles. The van der Waals surface area contributed by atoms with Gasteiger partial charge in [-0.3, -0.25) is 4.79 Å². The van der Waals surface area contributed by atoms with Crippen molar-refractivity contribution >= 4 is 11.7 Å². The second-order valence-corrected chi connectivity index (χ2v) is 3.83. The van der Waals surface area contributed by atoms with Gasteiger partial charge in [-0.05, 0) is 30.5 Å². The van der Waals surface area contributed by atoms with Crippen molar-refractivity contribution in [3.8, 4) is 0 Å². The molecule has 0 aromatic heterocycles. The Kier molecular flexibility index (Phi) is 4.05. The lowest BCUT2D eigenvalue weighted by molar-refractivity contribution is -0.141. The van der Waals surface area contributed by atoms with E-state index < -0.39 is 11.9 Å².